The van der Waals surface area contributed by atoms with Gasteiger partial charge in [-0.05, 0) is 25.3 Å². The lowest BCUT2D eigenvalue weighted by Gasteiger charge is -2.04. The highest BCUT2D eigenvalue weighted by atomic mass is 32.1. The van der Waals surface area contributed by atoms with E-state index in [2.05, 4.69) is 10.3 Å². The number of carbonyl (C=O) groups excluding carboxylic acids is 1. The van der Waals surface area contributed by atoms with E-state index in [1.165, 1.54) is 0 Å². The largest absolute Gasteiger partial charge is 0.441 e. The van der Waals surface area contributed by atoms with Gasteiger partial charge in [-0.25, -0.2) is 4.98 Å². The van der Waals surface area contributed by atoms with E-state index >= 15 is 0 Å². The fraction of sp³-hybridized carbons (Fsp3) is 0.308. The average Bonchev–Trinajstić information content (AvgIpc) is 2.99. The van der Waals surface area contributed by atoms with Crippen LogP contribution >= 0.6 is 11.3 Å². The molecule has 0 saturated heterocycles. The number of aryl methyl sites for hydroxylation is 1. The second-order valence-corrected chi connectivity index (χ2v) is 4.91. The van der Waals surface area contributed by atoms with Crippen molar-refractivity contribution in [2.24, 2.45) is 0 Å². The van der Waals surface area contributed by atoms with Crippen LogP contribution in [0.5, 0.6) is 0 Å². The van der Waals surface area contributed by atoms with Gasteiger partial charge in [-0.3, -0.25) is 4.79 Å². The van der Waals surface area contributed by atoms with Crippen molar-refractivity contribution in [2.75, 3.05) is 0 Å². The van der Waals surface area contributed by atoms with Crippen molar-refractivity contribution in [3.63, 3.8) is 0 Å². The van der Waals surface area contributed by atoms with E-state index in [0.717, 1.165) is 5.56 Å². The van der Waals surface area contributed by atoms with Crippen molar-refractivity contribution in [2.45, 2.75) is 26.3 Å². The second-order valence-electron chi connectivity index (χ2n) is 4.13. The predicted molar refractivity (Wildman–Crippen MR) is 71.5 cm³/mol. The molecule has 19 heavy (non-hydrogen) atoms. The Morgan fingerprint density at radius 2 is 2.47 bits per heavy atom. The number of amides is 1. The fourth-order valence-corrected chi connectivity index (χ4v) is 2.21. The van der Waals surface area contributed by atoms with Gasteiger partial charge in [0, 0.05) is 10.9 Å². The van der Waals surface area contributed by atoms with Crippen molar-refractivity contribution >= 4 is 17.2 Å². The van der Waals surface area contributed by atoms with Gasteiger partial charge < -0.3 is 9.73 Å². The zero-order chi connectivity index (χ0) is 13.8. The molecule has 0 aliphatic rings. The molecule has 0 aliphatic carbocycles. The normalized spacial score (nSPS) is 11.8. The lowest BCUT2D eigenvalue weighted by atomic mass is 10.2. The van der Waals surface area contributed by atoms with Gasteiger partial charge in [-0.15, -0.1) is 0 Å². The van der Waals surface area contributed by atoms with Gasteiger partial charge in [0.15, 0.2) is 0 Å². The SMILES string of the molecule is Cc1oc(-c2ccsc2)nc1CC(=O)N[C@H](C)C#N. The quantitative estimate of drug-likeness (QED) is 0.928. The van der Waals surface area contributed by atoms with Crippen LogP contribution in [0.1, 0.15) is 18.4 Å². The molecule has 2 aromatic heterocycles. The minimum Gasteiger partial charge on any atom is -0.441 e. The molecule has 2 heterocycles. The lowest BCUT2D eigenvalue weighted by Crippen LogP contribution is -2.32. The number of aromatic nitrogens is 1. The standard InChI is InChI=1S/C13H13N3O2S/c1-8(6-14)15-12(17)5-11-9(2)18-13(16-11)10-3-4-19-7-10/h3-4,7-8H,5H2,1-2H3,(H,15,17)/t8-/m1/s1. The molecular formula is C13H13N3O2S. The summed E-state index contributed by atoms with van der Waals surface area (Å²) in [4.78, 5) is 16.0. The maximum Gasteiger partial charge on any atom is 0.227 e. The van der Waals surface area contributed by atoms with E-state index in [4.69, 9.17) is 9.68 Å². The van der Waals surface area contributed by atoms with Crippen molar-refractivity contribution < 1.29 is 9.21 Å². The van der Waals surface area contributed by atoms with Gasteiger partial charge in [-0.2, -0.15) is 16.6 Å². The summed E-state index contributed by atoms with van der Waals surface area (Å²) >= 11 is 1.56. The van der Waals surface area contributed by atoms with E-state index in [1.54, 1.807) is 25.2 Å². The minimum atomic E-state index is -0.504. The Kier molecular flexibility index (Phi) is 3.97. The van der Waals surface area contributed by atoms with Gasteiger partial charge in [0.25, 0.3) is 0 Å². The Hall–Kier alpha value is -2.13. The van der Waals surface area contributed by atoms with Gasteiger partial charge in [0.2, 0.25) is 11.8 Å². The Morgan fingerprint density at radius 3 is 3.11 bits per heavy atom. The van der Waals surface area contributed by atoms with Crippen LogP contribution in [0.15, 0.2) is 21.2 Å². The highest BCUT2D eigenvalue weighted by Crippen LogP contribution is 2.23. The molecule has 0 aliphatic heterocycles. The monoisotopic (exact) mass is 275 g/mol. The maximum atomic E-state index is 11.7. The molecule has 1 amide bonds. The number of hydrogen-bond acceptors (Lipinski definition) is 5. The van der Waals surface area contributed by atoms with E-state index in [1.807, 2.05) is 22.9 Å². The number of nitriles is 1. The molecule has 0 aromatic carbocycles. The molecule has 5 nitrogen and oxygen atoms in total. The molecule has 0 radical (unpaired) electrons. The Balaban J connectivity index is 2.10. The van der Waals surface area contributed by atoms with Crippen LogP contribution in [0.2, 0.25) is 0 Å². The first-order chi connectivity index (χ1) is 9.10. The van der Waals surface area contributed by atoms with Crippen LogP contribution in [-0.4, -0.2) is 16.9 Å². The zero-order valence-corrected chi connectivity index (χ0v) is 11.5. The summed E-state index contributed by atoms with van der Waals surface area (Å²) in [5.74, 6) is 0.915. The number of carbonyl (C=O) groups is 1. The van der Waals surface area contributed by atoms with Crippen molar-refractivity contribution in [3.05, 3.63) is 28.3 Å². The molecule has 0 unspecified atom stereocenters. The molecule has 2 rings (SSSR count). The van der Waals surface area contributed by atoms with Gasteiger partial charge in [0.05, 0.1) is 18.2 Å². The molecule has 0 fully saturated rings. The lowest BCUT2D eigenvalue weighted by molar-refractivity contribution is -0.120. The Morgan fingerprint density at radius 1 is 1.68 bits per heavy atom. The molecule has 0 bridgehead atoms. The molecular weight excluding hydrogens is 262 g/mol. The maximum absolute atomic E-state index is 11.7. The molecule has 1 N–H and O–H groups in total. The highest BCUT2D eigenvalue weighted by Gasteiger charge is 2.15. The molecule has 2 aromatic rings. The third-order valence-electron chi connectivity index (χ3n) is 2.56. The van der Waals surface area contributed by atoms with Crippen molar-refractivity contribution in [1.82, 2.24) is 10.3 Å². The predicted octanol–water partition coefficient (Wildman–Crippen LogP) is 2.28. The third kappa shape index (κ3) is 3.20. The summed E-state index contributed by atoms with van der Waals surface area (Å²) in [6, 6.07) is 3.36. The number of oxazole rings is 1. The summed E-state index contributed by atoms with van der Waals surface area (Å²) < 4.78 is 5.54. The number of rotatable bonds is 4. The zero-order valence-electron chi connectivity index (χ0n) is 10.6. The van der Waals surface area contributed by atoms with Gasteiger partial charge in [-0.1, -0.05) is 0 Å². The van der Waals surface area contributed by atoms with Crippen LogP contribution in [0.25, 0.3) is 11.5 Å². The summed E-state index contributed by atoms with van der Waals surface area (Å²) in [6.07, 6.45) is 0.117. The van der Waals surface area contributed by atoms with E-state index in [0.29, 0.717) is 17.3 Å². The minimum absolute atomic E-state index is 0.117. The van der Waals surface area contributed by atoms with Crippen LogP contribution < -0.4 is 5.32 Å². The number of nitrogens with one attached hydrogen (secondary N) is 1. The van der Waals surface area contributed by atoms with E-state index in [-0.39, 0.29) is 12.3 Å². The summed E-state index contributed by atoms with van der Waals surface area (Å²) in [5.41, 5.74) is 1.51. The summed E-state index contributed by atoms with van der Waals surface area (Å²) in [7, 11) is 0. The highest BCUT2D eigenvalue weighted by molar-refractivity contribution is 7.08. The average molecular weight is 275 g/mol. The Bertz CT molecular complexity index is 610. The van der Waals surface area contributed by atoms with Crippen LogP contribution in [0.3, 0.4) is 0 Å². The van der Waals surface area contributed by atoms with E-state index < -0.39 is 6.04 Å². The topological polar surface area (TPSA) is 78.9 Å². The molecule has 98 valence electrons. The van der Waals surface area contributed by atoms with Crippen molar-refractivity contribution in [1.29, 1.82) is 5.26 Å². The first-order valence-electron chi connectivity index (χ1n) is 5.78. The summed E-state index contributed by atoms with van der Waals surface area (Å²) in [6.45, 7) is 3.41. The van der Waals surface area contributed by atoms with Crippen LogP contribution in [0, 0.1) is 18.3 Å². The number of thiophene rings is 1. The van der Waals surface area contributed by atoms with Crippen LogP contribution in [0.4, 0.5) is 0 Å². The first-order valence-corrected chi connectivity index (χ1v) is 6.72. The molecule has 0 spiro atoms. The molecule has 1 atom stereocenters. The van der Waals surface area contributed by atoms with Crippen LogP contribution in [-0.2, 0) is 11.2 Å². The van der Waals surface area contributed by atoms with Gasteiger partial charge in [0.1, 0.15) is 11.8 Å². The van der Waals surface area contributed by atoms with Crippen molar-refractivity contribution in [3.8, 4) is 17.5 Å². The summed E-state index contributed by atoms with van der Waals surface area (Å²) in [5, 5.41) is 15.1. The number of hydrogen-bond donors (Lipinski definition) is 1. The molecule has 6 heteroatoms. The van der Waals surface area contributed by atoms with E-state index in [9.17, 15) is 4.79 Å². The van der Waals surface area contributed by atoms with Gasteiger partial charge >= 0.3 is 0 Å². The first kappa shape index (κ1) is 13.3. The smallest absolute Gasteiger partial charge is 0.227 e. The third-order valence-corrected chi connectivity index (χ3v) is 3.24. The Labute approximate surface area is 114 Å². The fourth-order valence-electron chi connectivity index (χ4n) is 1.58. The number of nitrogens with zero attached hydrogens (tertiary/aromatic N) is 2. The second kappa shape index (κ2) is 5.67. The molecule has 0 saturated carbocycles.